The first kappa shape index (κ1) is 13.2. The van der Waals surface area contributed by atoms with E-state index in [4.69, 9.17) is 23.2 Å². The molecule has 0 heterocycles. The fourth-order valence-corrected chi connectivity index (χ4v) is 2.37. The van der Waals surface area contributed by atoms with Gasteiger partial charge in [-0.25, -0.2) is 0 Å². The van der Waals surface area contributed by atoms with E-state index in [-0.39, 0.29) is 0 Å². The second-order valence-corrected chi connectivity index (χ2v) is 4.96. The average molecular weight is 264 g/mol. The maximum Gasteiger partial charge on any atom is 0.0595 e. The summed E-state index contributed by atoms with van der Waals surface area (Å²) in [7, 11) is 0. The van der Waals surface area contributed by atoms with Crippen LogP contribution in [0, 0.1) is 0 Å². The van der Waals surface area contributed by atoms with E-state index < -0.39 is 0 Å². The predicted octanol–water partition coefficient (Wildman–Crippen LogP) is 4.01. The van der Waals surface area contributed by atoms with Gasteiger partial charge in [-0.3, -0.25) is 0 Å². The number of benzene rings is 1. The van der Waals surface area contributed by atoms with Crippen LogP contribution in [0.1, 0.15) is 18.5 Å². The van der Waals surface area contributed by atoms with Crippen molar-refractivity contribution >= 4 is 35.0 Å². The van der Waals surface area contributed by atoms with Crippen LogP contribution in [0.15, 0.2) is 18.2 Å². The Morgan fingerprint density at radius 1 is 1.33 bits per heavy atom. The van der Waals surface area contributed by atoms with Gasteiger partial charge in [-0.2, -0.15) is 11.8 Å². The minimum Gasteiger partial charge on any atom is -0.310 e. The largest absolute Gasteiger partial charge is 0.310 e. The number of thioether (sulfide) groups is 1. The van der Waals surface area contributed by atoms with Crippen molar-refractivity contribution in [2.75, 3.05) is 18.6 Å². The van der Waals surface area contributed by atoms with Gasteiger partial charge in [0.05, 0.1) is 10.0 Å². The van der Waals surface area contributed by atoms with Crippen LogP contribution in [0.3, 0.4) is 0 Å². The van der Waals surface area contributed by atoms with Gasteiger partial charge in [-0.1, -0.05) is 36.2 Å². The number of rotatable bonds is 5. The van der Waals surface area contributed by atoms with Crippen molar-refractivity contribution in [1.82, 2.24) is 5.32 Å². The summed E-state index contributed by atoms with van der Waals surface area (Å²) >= 11 is 13.7. The summed E-state index contributed by atoms with van der Waals surface area (Å²) in [6.07, 6.45) is 2.10. The minimum atomic E-state index is 0.347. The predicted molar refractivity (Wildman–Crippen MR) is 71.3 cm³/mol. The van der Waals surface area contributed by atoms with Crippen molar-refractivity contribution < 1.29 is 0 Å². The molecule has 0 aliphatic heterocycles. The van der Waals surface area contributed by atoms with Crippen molar-refractivity contribution in [1.29, 1.82) is 0 Å². The fourth-order valence-electron chi connectivity index (χ4n) is 1.42. The molecule has 0 fully saturated rings. The molecule has 0 radical (unpaired) electrons. The van der Waals surface area contributed by atoms with E-state index in [9.17, 15) is 0 Å². The quantitative estimate of drug-likeness (QED) is 0.862. The molecule has 1 aromatic carbocycles. The molecule has 0 spiro atoms. The number of hydrogen-bond acceptors (Lipinski definition) is 2. The van der Waals surface area contributed by atoms with Crippen LogP contribution in [0.4, 0.5) is 0 Å². The maximum atomic E-state index is 5.99. The van der Waals surface area contributed by atoms with E-state index in [1.807, 2.05) is 30.0 Å². The summed E-state index contributed by atoms with van der Waals surface area (Å²) < 4.78 is 0. The molecule has 0 bridgehead atoms. The Kier molecular flexibility index (Phi) is 5.83. The summed E-state index contributed by atoms with van der Waals surface area (Å²) in [6, 6.07) is 6.16. The first-order valence-corrected chi connectivity index (χ1v) is 7.01. The van der Waals surface area contributed by atoms with Crippen molar-refractivity contribution in [2.24, 2.45) is 0 Å². The third kappa shape index (κ3) is 3.87. The summed E-state index contributed by atoms with van der Waals surface area (Å²) in [5.74, 6) is 1.03. The van der Waals surface area contributed by atoms with Crippen molar-refractivity contribution in [2.45, 2.75) is 13.0 Å². The van der Waals surface area contributed by atoms with Gasteiger partial charge in [0.25, 0.3) is 0 Å². The van der Waals surface area contributed by atoms with E-state index in [0.717, 1.165) is 12.3 Å². The summed E-state index contributed by atoms with van der Waals surface area (Å²) in [5, 5.41) is 4.66. The topological polar surface area (TPSA) is 12.0 Å². The Labute approximate surface area is 106 Å². The van der Waals surface area contributed by atoms with Crippen molar-refractivity contribution in [3.63, 3.8) is 0 Å². The molecule has 1 unspecified atom stereocenters. The lowest BCUT2D eigenvalue weighted by Gasteiger charge is -2.17. The lowest BCUT2D eigenvalue weighted by Crippen LogP contribution is -2.22. The van der Waals surface area contributed by atoms with E-state index in [2.05, 4.69) is 18.5 Å². The molecule has 1 nitrogen and oxygen atoms in total. The molecule has 0 aliphatic carbocycles. The zero-order chi connectivity index (χ0) is 11.3. The van der Waals surface area contributed by atoms with Crippen LogP contribution in [0.5, 0.6) is 0 Å². The molecule has 84 valence electrons. The van der Waals surface area contributed by atoms with Crippen LogP contribution in [-0.2, 0) is 0 Å². The first-order valence-electron chi connectivity index (χ1n) is 4.86. The third-order valence-corrected chi connectivity index (χ3v) is 3.54. The Morgan fingerprint density at radius 3 is 2.60 bits per heavy atom. The van der Waals surface area contributed by atoms with Gasteiger partial charge in [0.1, 0.15) is 0 Å². The monoisotopic (exact) mass is 263 g/mol. The molecule has 4 heteroatoms. The molecule has 1 rings (SSSR count). The van der Waals surface area contributed by atoms with Crippen LogP contribution in [0.2, 0.25) is 10.0 Å². The molecular weight excluding hydrogens is 249 g/mol. The SMILES string of the molecule is CCNC(CSC)c1ccc(Cl)c(Cl)c1. The fraction of sp³-hybridized carbons (Fsp3) is 0.455. The molecule has 0 saturated carbocycles. The van der Waals surface area contributed by atoms with Gasteiger partial charge in [0, 0.05) is 11.8 Å². The average Bonchev–Trinajstić information content (AvgIpc) is 2.22. The van der Waals surface area contributed by atoms with Crippen LogP contribution in [-0.4, -0.2) is 18.6 Å². The van der Waals surface area contributed by atoms with E-state index in [0.29, 0.717) is 16.1 Å². The van der Waals surface area contributed by atoms with Gasteiger partial charge in [-0.05, 0) is 30.5 Å². The van der Waals surface area contributed by atoms with Crippen LogP contribution >= 0.6 is 35.0 Å². The summed E-state index contributed by atoms with van der Waals surface area (Å²) in [5.41, 5.74) is 1.20. The molecule has 15 heavy (non-hydrogen) atoms. The zero-order valence-corrected chi connectivity index (χ0v) is 11.2. The van der Waals surface area contributed by atoms with Crippen molar-refractivity contribution in [3.05, 3.63) is 33.8 Å². The zero-order valence-electron chi connectivity index (χ0n) is 8.89. The third-order valence-electron chi connectivity index (χ3n) is 2.13. The summed E-state index contributed by atoms with van der Waals surface area (Å²) in [4.78, 5) is 0. The Morgan fingerprint density at radius 2 is 2.07 bits per heavy atom. The van der Waals surface area contributed by atoms with Crippen molar-refractivity contribution in [3.8, 4) is 0 Å². The highest BCUT2D eigenvalue weighted by Gasteiger charge is 2.10. The molecule has 0 saturated heterocycles. The second kappa shape index (κ2) is 6.64. The number of hydrogen-bond donors (Lipinski definition) is 1. The van der Waals surface area contributed by atoms with E-state index >= 15 is 0 Å². The first-order chi connectivity index (χ1) is 7.19. The molecule has 0 amide bonds. The van der Waals surface area contributed by atoms with Gasteiger partial charge in [-0.15, -0.1) is 0 Å². The number of halogens is 2. The maximum absolute atomic E-state index is 5.99. The lowest BCUT2D eigenvalue weighted by atomic mass is 10.1. The van der Waals surface area contributed by atoms with Gasteiger partial charge in [0.15, 0.2) is 0 Å². The Bertz CT molecular complexity index is 311. The Balaban J connectivity index is 2.85. The highest BCUT2D eigenvalue weighted by atomic mass is 35.5. The van der Waals surface area contributed by atoms with Crippen LogP contribution in [0.25, 0.3) is 0 Å². The highest BCUT2D eigenvalue weighted by molar-refractivity contribution is 7.98. The highest BCUT2D eigenvalue weighted by Crippen LogP contribution is 2.26. The second-order valence-electron chi connectivity index (χ2n) is 3.24. The minimum absolute atomic E-state index is 0.347. The lowest BCUT2D eigenvalue weighted by molar-refractivity contribution is 0.606. The molecule has 1 N–H and O–H groups in total. The van der Waals surface area contributed by atoms with Gasteiger partial charge < -0.3 is 5.32 Å². The molecule has 0 aliphatic rings. The molecule has 1 aromatic rings. The Hall–Kier alpha value is 0.110. The molecule has 0 aromatic heterocycles. The van der Waals surface area contributed by atoms with Gasteiger partial charge >= 0.3 is 0 Å². The van der Waals surface area contributed by atoms with E-state index in [1.165, 1.54) is 5.56 Å². The normalized spacial score (nSPS) is 12.8. The smallest absolute Gasteiger partial charge is 0.0595 e. The summed E-state index contributed by atoms with van der Waals surface area (Å²) in [6.45, 7) is 3.05. The molecule has 1 atom stereocenters. The standard InChI is InChI=1S/C11H15Cl2NS/c1-3-14-11(7-15-2)8-4-5-9(12)10(13)6-8/h4-6,11,14H,3,7H2,1-2H3. The van der Waals surface area contributed by atoms with Crippen LogP contribution < -0.4 is 5.32 Å². The van der Waals surface area contributed by atoms with Gasteiger partial charge in [0.2, 0.25) is 0 Å². The molecular formula is C11H15Cl2NS. The van der Waals surface area contributed by atoms with E-state index in [1.54, 1.807) is 0 Å². The number of nitrogens with one attached hydrogen (secondary N) is 1.